The first-order valence-corrected chi connectivity index (χ1v) is 16.5. The molecule has 254 valence electrons. The first-order chi connectivity index (χ1) is 23.0. The SMILES string of the molecule is Cc1cncc(C(=O)N2CCCCNC(=O)[C@@H](C)NC(=O)[C@H](CC(C)C)NC(=O)[C@@H](Cc3ccccc3)NC(=O)c3ccc(cc3)C2)c1. The van der Waals surface area contributed by atoms with Gasteiger partial charge in [0.2, 0.25) is 17.7 Å². The zero-order chi connectivity index (χ0) is 34.6. The van der Waals surface area contributed by atoms with Crippen molar-refractivity contribution in [2.45, 2.75) is 78.0 Å². The number of pyridine rings is 1. The minimum absolute atomic E-state index is 0.0639. The Labute approximate surface area is 282 Å². The Hall–Kier alpha value is -5.06. The summed E-state index contributed by atoms with van der Waals surface area (Å²) in [5.41, 5.74) is 3.37. The zero-order valence-corrected chi connectivity index (χ0v) is 28.1. The molecule has 2 aliphatic rings. The normalized spacial score (nSPS) is 20.3. The number of amides is 5. The van der Waals surface area contributed by atoms with Crippen LogP contribution >= 0.6 is 0 Å². The van der Waals surface area contributed by atoms with E-state index in [0.717, 1.165) is 16.7 Å². The lowest BCUT2D eigenvalue weighted by Gasteiger charge is -2.25. The van der Waals surface area contributed by atoms with Gasteiger partial charge in [0.15, 0.2) is 0 Å². The maximum atomic E-state index is 13.7. The molecule has 2 aliphatic heterocycles. The highest BCUT2D eigenvalue weighted by Crippen LogP contribution is 2.15. The highest BCUT2D eigenvalue weighted by Gasteiger charge is 2.29. The summed E-state index contributed by atoms with van der Waals surface area (Å²) >= 11 is 0. The monoisotopic (exact) mass is 654 g/mol. The van der Waals surface area contributed by atoms with Crippen LogP contribution < -0.4 is 21.3 Å². The van der Waals surface area contributed by atoms with Gasteiger partial charge in [0.05, 0.1) is 5.56 Å². The maximum Gasteiger partial charge on any atom is 0.255 e. The Kier molecular flexibility index (Phi) is 12.8. The fourth-order valence-electron chi connectivity index (χ4n) is 5.54. The van der Waals surface area contributed by atoms with Crippen molar-refractivity contribution in [2.75, 3.05) is 13.1 Å². The smallest absolute Gasteiger partial charge is 0.255 e. The molecule has 0 spiro atoms. The molecule has 3 heterocycles. The van der Waals surface area contributed by atoms with E-state index in [0.29, 0.717) is 50.0 Å². The molecule has 0 aliphatic carbocycles. The average molecular weight is 655 g/mol. The molecular weight excluding hydrogens is 608 g/mol. The number of carbonyl (C=O) groups is 5. The largest absolute Gasteiger partial charge is 0.354 e. The number of fused-ring (bicyclic) bond motifs is 18. The van der Waals surface area contributed by atoms with Gasteiger partial charge in [-0.2, -0.15) is 0 Å². The fourth-order valence-corrected chi connectivity index (χ4v) is 5.54. The Balaban J connectivity index is 1.62. The van der Waals surface area contributed by atoms with Gasteiger partial charge in [-0.05, 0) is 73.9 Å². The van der Waals surface area contributed by atoms with Crippen LogP contribution in [0.5, 0.6) is 0 Å². The summed E-state index contributed by atoms with van der Waals surface area (Å²) in [5.74, 6) is -1.89. The first-order valence-electron chi connectivity index (χ1n) is 16.5. The number of nitrogens with one attached hydrogen (secondary N) is 4. The van der Waals surface area contributed by atoms with Crippen molar-refractivity contribution in [3.63, 3.8) is 0 Å². The van der Waals surface area contributed by atoms with Crippen LogP contribution in [0.1, 0.15) is 77.4 Å². The van der Waals surface area contributed by atoms with Crippen LogP contribution in [0, 0.1) is 12.8 Å². The van der Waals surface area contributed by atoms with E-state index in [9.17, 15) is 24.0 Å². The Morgan fingerprint density at radius 2 is 1.58 bits per heavy atom. The van der Waals surface area contributed by atoms with E-state index in [-0.39, 0.29) is 24.2 Å². The van der Waals surface area contributed by atoms with Crippen LogP contribution in [0.4, 0.5) is 0 Å². The van der Waals surface area contributed by atoms with Crippen LogP contribution in [0.2, 0.25) is 0 Å². The van der Waals surface area contributed by atoms with Crippen molar-refractivity contribution in [1.29, 1.82) is 0 Å². The molecule has 11 heteroatoms. The summed E-state index contributed by atoms with van der Waals surface area (Å²) in [6, 6.07) is 15.3. The van der Waals surface area contributed by atoms with Crippen molar-refractivity contribution in [2.24, 2.45) is 5.92 Å². The van der Waals surface area contributed by atoms with Crippen molar-refractivity contribution < 1.29 is 24.0 Å². The van der Waals surface area contributed by atoms with Gasteiger partial charge in [0.25, 0.3) is 11.8 Å². The predicted molar refractivity (Wildman–Crippen MR) is 183 cm³/mol. The summed E-state index contributed by atoms with van der Waals surface area (Å²) < 4.78 is 0. The quantitative estimate of drug-likeness (QED) is 0.310. The summed E-state index contributed by atoms with van der Waals surface area (Å²) in [6.45, 7) is 8.45. The molecule has 3 atom stereocenters. The third-order valence-electron chi connectivity index (χ3n) is 8.15. The Bertz CT molecular complexity index is 1580. The highest BCUT2D eigenvalue weighted by atomic mass is 16.2. The number of aryl methyl sites for hydroxylation is 1. The molecule has 0 fully saturated rings. The molecule has 2 bridgehead atoms. The molecule has 5 amide bonds. The number of rotatable bonds is 5. The second-order valence-electron chi connectivity index (χ2n) is 12.8. The van der Waals surface area contributed by atoms with Crippen molar-refractivity contribution >= 4 is 29.5 Å². The minimum atomic E-state index is -0.979. The van der Waals surface area contributed by atoms with Crippen LogP contribution in [0.3, 0.4) is 0 Å². The molecule has 2 aromatic carbocycles. The van der Waals surface area contributed by atoms with Crippen LogP contribution in [-0.4, -0.2) is 70.6 Å². The Morgan fingerprint density at radius 3 is 2.27 bits per heavy atom. The molecule has 3 aromatic rings. The molecule has 0 radical (unpaired) electrons. The summed E-state index contributed by atoms with van der Waals surface area (Å²) in [6.07, 6.45) is 5.01. The van der Waals surface area contributed by atoms with E-state index in [1.165, 1.54) is 0 Å². The van der Waals surface area contributed by atoms with E-state index < -0.39 is 35.8 Å². The van der Waals surface area contributed by atoms with E-state index in [1.54, 1.807) is 54.5 Å². The number of benzene rings is 2. The van der Waals surface area contributed by atoms with Crippen LogP contribution in [0.15, 0.2) is 73.1 Å². The van der Waals surface area contributed by atoms with E-state index in [2.05, 4.69) is 26.3 Å². The van der Waals surface area contributed by atoms with Crippen LogP contribution in [0.25, 0.3) is 0 Å². The predicted octanol–water partition coefficient (Wildman–Crippen LogP) is 3.32. The number of nitrogens with zero attached hydrogens (tertiary/aromatic N) is 2. The second kappa shape index (κ2) is 17.2. The topological polar surface area (TPSA) is 150 Å². The maximum absolute atomic E-state index is 13.7. The lowest BCUT2D eigenvalue weighted by atomic mass is 10.0. The zero-order valence-electron chi connectivity index (χ0n) is 28.1. The number of carbonyl (C=O) groups excluding carboxylic acids is 5. The standard InChI is InChI=1S/C37H46N6O5/c1-24(2)18-31-35(46)40-26(4)33(44)39-16-8-9-17-43(37(48)30-19-25(3)21-38-22-30)23-28-12-14-29(15-13-28)34(45)41-32(36(47)42-31)20-27-10-6-5-7-11-27/h5-7,10-15,19,21-22,24,26,31-32H,8-9,16-18,20,23H2,1-4H3,(H,39,44)(H,40,46)(H,41,45)(H,42,47)/t26-,31+,32-/m1/s1. The first kappa shape index (κ1) is 35.8. The van der Waals surface area contributed by atoms with Gasteiger partial charge >= 0.3 is 0 Å². The second-order valence-corrected chi connectivity index (χ2v) is 12.8. The van der Waals surface area contributed by atoms with Gasteiger partial charge in [-0.15, -0.1) is 0 Å². The third-order valence-corrected chi connectivity index (χ3v) is 8.15. The van der Waals surface area contributed by atoms with E-state index in [4.69, 9.17) is 0 Å². The molecule has 11 nitrogen and oxygen atoms in total. The molecular formula is C37H46N6O5. The summed E-state index contributed by atoms with van der Waals surface area (Å²) in [7, 11) is 0. The highest BCUT2D eigenvalue weighted by molar-refractivity contribution is 5.99. The number of aromatic nitrogens is 1. The molecule has 5 rings (SSSR count). The van der Waals surface area contributed by atoms with Crippen LogP contribution in [-0.2, 0) is 27.3 Å². The molecule has 0 saturated carbocycles. The van der Waals surface area contributed by atoms with Gasteiger partial charge in [0, 0.05) is 44.0 Å². The molecule has 1 aromatic heterocycles. The summed E-state index contributed by atoms with van der Waals surface area (Å²) in [5, 5.41) is 11.3. The molecule has 0 saturated heterocycles. The van der Waals surface area contributed by atoms with Gasteiger partial charge in [-0.3, -0.25) is 29.0 Å². The summed E-state index contributed by atoms with van der Waals surface area (Å²) in [4.78, 5) is 72.9. The molecule has 4 N–H and O–H groups in total. The Morgan fingerprint density at radius 1 is 0.875 bits per heavy atom. The van der Waals surface area contributed by atoms with E-state index in [1.807, 2.05) is 51.1 Å². The fraction of sp³-hybridized carbons (Fsp3) is 0.405. The molecule has 0 unspecified atom stereocenters. The lowest BCUT2D eigenvalue weighted by molar-refractivity contribution is -0.132. The van der Waals surface area contributed by atoms with E-state index >= 15 is 0 Å². The number of hydrogen-bond acceptors (Lipinski definition) is 6. The number of hydrogen-bond donors (Lipinski definition) is 4. The van der Waals surface area contributed by atoms with Gasteiger partial charge in [-0.1, -0.05) is 56.3 Å². The minimum Gasteiger partial charge on any atom is -0.354 e. The van der Waals surface area contributed by atoms with Gasteiger partial charge in [0.1, 0.15) is 18.1 Å². The van der Waals surface area contributed by atoms with Crippen molar-refractivity contribution in [1.82, 2.24) is 31.2 Å². The van der Waals surface area contributed by atoms with Crippen molar-refractivity contribution in [3.05, 3.63) is 101 Å². The third kappa shape index (κ3) is 10.5. The van der Waals surface area contributed by atoms with Gasteiger partial charge < -0.3 is 26.2 Å². The van der Waals surface area contributed by atoms with Crippen molar-refractivity contribution in [3.8, 4) is 0 Å². The lowest BCUT2D eigenvalue weighted by Crippen LogP contribution is -2.57. The molecule has 48 heavy (non-hydrogen) atoms. The average Bonchev–Trinajstić information content (AvgIpc) is 3.06. The van der Waals surface area contributed by atoms with Gasteiger partial charge in [-0.25, -0.2) is 0 Å².